The van der Waals surface area contributed by atoms with Gasteiger partial charge < -0.3 is 25.8 Å². The number of hydrogen-bond donors (Lipinski definition) is 4. The Hall–Kier alpha value is -3.85. The van der Waals surface area contributed by atoms with Crippen LogP contribution in [0, 0.1) is 11.8 Å². The van der Waals surface area contributed by atoms with Gasteiger partial charge in [-0.05, 0) is 54.4 Å². The molecule has 1 aliphatic rings. The number of aliphatic hydroxyl groups is 1. The van der Waals surface area contributed by atoms with Gasteiger partial charge in [-0.1, -0.05) is 81.7 Å². The number of thiazole rings is 1. The molecule has 4 rings (SSSR count). The molecule has 272 valence electrons. The van der Waals surface area contributed by atoms with Crippen molar-refractivity contribution in [3.05, 3.63) is 81.8 Å². The Morgan fingerprint density at radius 2 is 1.74 bits per heavy atom. The van der Waals surface area contributed by atoms with Crippen LogP contribution < -0.4 is 10.6 Å². The number of nitrogens with one attached hydrogen (secondary N) is 2. The van der Waals surface area contributed by atoms with Crippen molar-refractivity contribution in [3.8, 4) is 0 Å². The summed E-state index contributed by atoms with van der Waals surface area (Å²) in [5.41, 5.74) is 2.15. The first kappa shape index (κ1) is 38.9. The maximum atomic E-state index is 14.0. The van der Waals surface area contributed by atoms with E-state index in [9.17, 15) is 23.1 Å². The van der Waals surface area contributed by atoms with Crippen molar-refractivity contribution >= 4 is 39.5 Å². The van der Waals surface area contributed by atoms with E-state index in [-0.39, 0.29) is 48.7 Å². The Kier molecular flexibility index (Phi) is 13.9. The van der Waals surface area contributed by atoms with E-state index in [2.05, 4.69) is 34.6 Å². The first-order valence-electron chi connectivity index (χ1n) is 17.0. The molecule has 1 aromatic heterocycles. The van der Waals surface area contributed by atoms with Crippen LogP contribution in [0.1, 0.15) is 74.7 Å². The third-order valence-corrected chi connectivity index (χ3v) is 12.0. The van der Waals surface area contributed by atoms with Crippen LogP contribution in [0.2, 0.25) is 0 Å². The lowest BCUT2D eigenvalue weighted by Crippen LogP contribution is -2.58. The quantitative estimate of drug-likeness (QED) is 0.0880. The number of sulfonamides is 1. The predicted molar refractivity (Wildman–Crippen MR) is 195 cm³/mol. The maximum absolute atomic E-state index is 14.0. The van der Waals surface area contributed by atoms with E-state index in [4.69, 9.17) is 5.21 Å². The van der Waals surface area contributed by atoms with Gasteiger partial charge in [-0.15, -0.1) is 11.3 Å². The lowest BCUT2D eigenvalue weighted by atomic mass is 9.85. The molecule has 3 amide bonds. The molecule has 0 spiro atoms. The normalized spacial score (nSPS) is 15.6. The first-order valence-corrected chi connectivity index (χ1v) is 19.4. The van der Waals surface area contributed by atoms with E-state index in [0.29, 0.717) is 5.56 Å². The van der Waals surface area contributed by atoms with Crippen molar-refractivity contribution in [2.75, 3.05) is 20.1 Å². The number of hydrogen-bond acceptors (Lipinski definition) is 9. The van der Waals surface area contributed by atoms with Crippen molar-refractivity contribution in [1.29, 1.82) is 0 Å². The Morgan fingerprint density at radius 1 is 1.06 bits per heavy atom. The summed E-state index contributed by atoms with van der Waals surface area (Å²) in [6.45, 7) is 8.05. The summed E-state index contributed by atoms with van der Waals surface area (Å²) >= 11 is 1.55. The predicted octanol–water partition coefficient (Wildman–Crippen LogP) is 4.82. The molecule has 1 saturated carbocycles. The van der Waals surface area contributed by atoms with Gasteiger partial charge in [0.25, 0.3) is 0 Å². The van der Waals surface area contributed by atoms with Crippen LogP contribution in [0.25, 0.3) is 0 Å². The number of nitrogens with zero attached hydrogens (tertiary/aromatic N) is 4. The van der Waals surface area contributed by atoms with Gasteiger partial charge in [-0.25, -0.2) is 18.2 Å². The molecule has 2 aromatic carbocycles. The van der Waals surface area contributed by atoms with Crippen molar-refractivity contribution in [2.45, 2.75) is 88.9 Å². The van der Waals surface area contributed by atoms with Gasteiger partial charge >= 0.3 is 6.03 Å². The number of aromatic nitrogens is 1. The number of oxime groups is 1. The number of urea groups is 1. The highest BCUT2D eigenvalue weighted by molar-refractivity contribution is 7.89. The van der Waals surface area contributed by atoms with Crippen molar-refractivity contribution in [1.82, 2.24) is 24.8 Å². The van der Waals surface area contributed by atoms with Crippen LogP contribution in [0.5, 0.6) is 0 Å². The summed E-state index contributed by atoms with van der Waals surface area (Å²) in [6.07, 6.45) is 2.97. The smallest absolute Gasteiger partial charge is 0.318 e. The number of aliphatic hydroxyl groups excluding tert-OH is 1. The number of rotatable bonds is 17. The number of carbonyl (C=O) groups is 2. The molecular formula is C36H50N6O6S2. The molecule has 0 bridgehead atoms. The minimum Gasteiger partial charge on any atom is -0.411 e. The number of benzene rings is 2. The topological polar surface area (TPSA) is 165 Å². The molecule has 0 radical (unpaired) electrons. The van der Waals surface area contributed by atoms with Gasteiger partial charge in [0.2, 0.25) is 15.9 Å². The van der Waals surface area contributed by atoms with Crippen LogP contribution in [0.3, 0.4) is 0 Å². The number of carbonyl (C=O) groups excluding carboxylic acids is 2. The van der Waals surface area contributed by atoms with E-state index >= 15 is 0 Å². The SMILES string of the molecule is CC(C)c1nc(CN(C)C(=O)N[C@H](C(=O)N[C@@H](Cc2ccccc2)[C@@H](O)CN(CC2CCC2)S(=O)(=O)c2ccc(C=NO)cc2)C(C)C)cs1. The van der Waals surface area contributed by atoms with Crippen LogP contribution >= 0.6 is 11.3 Å². The first-order chi connectivity index (χ1) is 23.8. The van der Waals surface area contributed by atoms with Gasteiger partial charge in [0.15, 0.2) is 0 Å². The standard InChI is InChI=1S/C36H50N6O6S2/c1-24(2)33(40-36(45)41(5)21-29-23-49-35(38-29)25(3)4)34(44)39-31(18-26-10-7-6-8-11-26)32(43)22-42(20-28-12-9-13-28)50(47,48)30-16-14-27(15-17-30)19-37-46/h6-8,10-11,14-17,19,23-25,28,31-33,43,46H,9,12-13,18,20-22H2,1-5H3,(H,39,44)(H,40,45)/t31-,32-,33-/m0/s1. The molecule has 3 atom stereocenters. The lowest BCUT2D eigenvalue weighted by Gasteiger charge is -2.35. The highest BCUT2D eigenvalue weighted by Crippen LogP contribution is 2.30. The fourth-order valence-electron chi connectivity index (χ4n) is 5.69. The zero-order chi connectivity index (χ0) is 36.4. The van der Waals surface area contributed by atoms with E-state index < -0.39 is 40.1 Å². The van der Waals surface area contributed by atoms with Crippen molar-refractivity contribution in [2.24, 2.45) is 17.0 Å². The minimum absolute atomic E-state index is 0.0487. The largest absolute Gasteiger partial charge is 0.411 e. The van der Waals surface area contributed by atoms with E-state index in [1.165, 1.54) is 27.6 Å². The van der Waals surface area contributed by atoms with E-state index in [0.717, 1.165) is 35.5 Å². The molecule has 0 aliphatic heterocycles. The van der Waals surface area contributed by atoms with Crippen molar-refractivity contribution < 1.29 is 28.3 Å². The van der Waals surface area contributed by atoms with Crippen LogP contribution in [-0.2, 0) is 27.8 Å². The molecule has 1 aliphatic carbocycles. The molecule has 14 heteroatoms. The van der Waals surface area contributed by atoms with Gasteiger partial charge in [-0.2, -0.15) is 4.31 Å². The van der Waals surface area contributed by atoms with Gasteiger partial charge in [0.05, 0.1) is 40.5 Å². The van der Waals surface area contributed by atoms with Crippen LogP contribution in [0.15, 0.2) is 70.0 Å². The zero-order valence-corrected chi connectivity index (χ0v) is 31.0. The second-order valence-corrected chi connectivity index (χ2v) is 16.5. The zero-order valence-electron chi connectivity index (χ0n) is 29.4. The molecule has 0 saturated heterocycles. The Bertz CT molecular complexity index is 1680. The molecule has 1 heterocycles. The van der Waals surface area contributed by atoms with Crippen LogP contribution in [-0.4, -0.2) is 89.4 Å². The summed E-state index contributed by atoms with van der Waals surface area (Å²) < 4.78 is 29.2. The summed E-state index contributed by atoms with van der Waals surface area (Å²) in [4.78, 5) is 33.3. The highest BCUT2D eigenvalue weighted by Gasteiger charge is 2.35. The van der Waals surface area contributed by atoms with Crippen molar-refractivity contribution in [3.63, 3.8) is 0 Å². The Balaban J connectivity index is 1.53. The highest BCUT2D eigenvalue weighted by atomic mass is 32.2. The van der Waals surface area contributed by atoms with Crippen LogP contribution in [0.4, 0.5) is 4.79 Å². The van der Waals surface area contributed by atoms with E-state index in [1.807, 2.05) is 49.6 Å². The third-order valence-electron chi connectivity index (χ3n) is 8.93. The van der Waals surface area contributed by atoms with Gasteiger partial charge in [0.1, 0.15) is 6.04 Å². The molecular weight excluding hydrogens is 677 g/mol. The average molecular weight is 727 g/mol. The summed E-state index contributed by atoms with van der Waals surface area (Å²) in [5.74, 6) is -0.320. The molecule has 50 heavy (non-hydrogen) atoms. The summed E-state index contributed by atoms with van der Waals surface area (Å²) in [5, 5.41) is 32.3. The monoisotopic (exact) mass is 726 g/mol. The third kappa shape index (κ3) is 10.6. The molecule has 1 fully saturated rings. The second kappa shape index (κ2) is 17.9. The molecule has 4 N–H and O–H groups in total. The molecule has 3 aromatic rings. The average Bonchev–Trinajstić information content (AvgIpc) is 3.53. The Labute approximate surface area is 299 Å². The molecule has 0 unspecified atom stereocenters. The summed E-state index contributed by atoms with van der Waals surface area (Å²) in [6, 6.07) is 13.1. The van der Waals surface area contributed by atoms with E-state index in [1.54, 1.807) is 30.5 Å². The lowest BCUT2D eigenvalue weighted by molar-refractivity contribution is -0.125. The fourth-order valence-corrected chi connectivity index (χ4v) is 8.05. The maximum Gasteiger partial charge on any atom is 0.318 e. The molecule has 12 nitrogen and oxygen atoms in total. The Morgan fingerprint density at radius 3 is 2.30 bits per heavy atom. The second-order valence-electron chi connectivity index (χ2n) is 13.7. The van der Waals surface area contributed by atoms with Gasteiger partial charge in [-0.3, -0.25) is 4.79 Å². The summed E-state index contributed by atoms with van der Waals surface area (Å²) in [7, 11) is -2.39. The fraction of sp³-hybridized carbons (Fsp3) is 0.500. The number of amides is 3. The van der Waals surface area contributed by atoms with Gasteiger partial charge in [0, 0.05) is 31.4 Å². The minimum atomic E-state index is -4.03.